The van der Waals surface area contributed by atoms with Gasteiger partial charge in [-0.3, -0.25) is 9.88 Å². The fraction of sp³-hybridized carbons (Fsp3) is 0.500. The van der Waals surface area contributed by atoms with Crippen molar-refractivity contribution in [2.24, 2.45) is 5.41 Å². The molecule has 2 unspecified atom stereocenters. The van der Waals surface area contributed by atoms with E-state index in [2.05, 4.69) is 31.2 Å². The number of rotatable bonds is 7. The Labute approximate surface area is 262 Å². The van der Waals surface area contributed by atoms with Crippen LogP contribution in [0.4, 0.5) is 19.6 Å². The van der Waals surface area contributed by atoms with Gasteiger partial charge in [0, 0.05) is 66.9 Å². The van der Waals surface area contributed by atoms with Gasteiger partial charge in [-0.15, -0.1) is 11.3 Å². The molecule has 3 saturated heterocycles. The highest BCUT2D eigenvalue weighted by molar-refractivity contribution is 7.23. The highest BCUT2D eigenvalue weighted by Crippen LogP contribution is 2.49. The molecule has 0 spiro atoms. The standard InChI is InChI=1S/C32H32F2N8O2S/c33-21-4-3-18(24-19(10-35)29(36)45-28(21)24)26-25(34)27-20(11-37-26)30(42-12-16-1-2-17(13-42)38-16)40-31(39-27)44-15-32(5-6-32)14-41-7-8-43-23-9-22(23)41/h3-4,11,16-17,22-23,38H,1-2,5-9,12-15,36H2/t16?,17?,22-,23+/m0/s1. The Hall–Kier alpha value is -3.70. The second-order valence-electron chi connectivity index (χ2n) is 13.3. The van der Waals surface area contributed by atoms with Gasteiger partial charge >= 0.3 is 6.01 Å². The average Bonchev–Trinajstić information content (AvgIpc) is 3.95. The third-order valence-electron chi connectivity index (χ3n) is 10.2. The molecule has 5 fully saturated rings. The van der Waals surface area contributed by atoms with Crippen molar-refractivity contribution in [1.82, 2.24) is 25.2 Å². The van der Waals surface area contributed by atoms with Gasteiger partial charge in [0.05, 0.1) is 35.0 Å². The second-order valence-corrected chi connectivity index (χ2v) is 14.3. The fourth-order valence-corrected chi connectivity index (χ4v) is 8.51. The lowest BCUT2D eigenvalue weighted by molar-refractivity contribution is 0.0179. The fourth-order valence-electron chi connectivity index (χ4n) is 7.56. The van der Waals surface area contributed by atoms with Crippen LogP contribution in [0.15, 0.2) is 18.3 Å². The van der Waals surface area contributed by atoms with Gasteiger partial charge in [-0.25, -0.2) is 8.78 Å². The smallest absolute Gasteiger partial charge is 0.319 e. The summed E-state index contributed by atoms with van der Waals surface area (Å²) in [4.78, 5) is 18.8. The number of anilines is 2. The summed E-state index contributed by atoms with van der Waals surface area (Å²) in [5, 5.41) is 14.4. The van der Waals surface area contributed by atoms with Crippen molar-refractivity contribution in [2.75, 3.05) is 50.0 Å². The Morgan fingerprint density at radius 3 is 2.80 bits per heavy atom. The molecular weight excluding hydrogens is 598 g/mol. The van der Waals surface area contributed by atoms with Gasteiger partial charge in [0.1, 0.15) is 33.9 Å². The van der Waals surface area contributed by atoms with Crippen LogP contribution < -0.4 is 20.7 Å². The third kappa shape index (κ3) is 4.61. The molecule has 10 nitrogen and oxygen atoms in total. The van der Waals surface area contributed by atoms with E-state index in [-0.39, 0.29) is 43.3 Å². The number of thiophene rings is 1. The van der Waals surface area contributed by atoms with Gasteiger partial charge in [0.25, 0.3) is 0 Å². The molecule has 3 N–H and O–H groups in total. The van der Waals surface area contributed by atoms with Crippen LogP contribution >= 0.6 is 11.3 Å². The number of hydrogen-bond donors (Lipinski definition) is 2. The number of nitrogens with one attached hydrogen (secondary N) is 1. The van der Waals surface area contributed by atoms with Gasteiger partial charge < -0.3 is 25.4 Å². The van der Waals surface area contributed by atoms with Gasteiger partial charge in [-0.2, -0.15) is 15.2 Å². The molecule has 3 aliphatic heterocycles. The summed E-state index contributed by atoms with van der Waals surface area (Å²) in [5.41, 5.74) is 6.56. The van der Waals surface area contributed by atoms with Crippen molar-refractivity contribution in [2.45, 2.75) is 56.3 Å². The first-order valence-corrected chi connectivity index (χ1v) is 16.5. The molecule has 13 heteroatoms. The van der Waals surface area contributed by atoms with Crippen molar-refractivity contribution in [1.29, 1.82) is 5.26 Å². The van der Waals surface area contributed by atoms with Gasteiger partial charge in [0.15, 0.2) is 5.82 Å². The highest BCUT2D eigenvalue weighted by atomic mass is 32.1. The zero-order valence-corrected chi connectivity index (χ0v) is 25.4. The first kappa shape index (κ1) is 27.6. The van der Waals surface area contributed by atoms with E-state index in [1.807, 2.05) is 0 Å². The molecule has 4 atom stereocenters. The summed E-state index contributed by atoms with van der Waals surface area (Å²) in [6.07, 6.45) is 7.36. The minimum atomic E-state index is -0.671. The Balaban J connectivity index is 1.11. The third-order valence-corrected chi connectivity index (χ3v) is 11.3. The van der Waals surface area contributed by atoms with Gasteiger partial charge in [-0.05, 0) is 44.2 Å². The molecular formula is C32H32F2N8O2S. The molecule has 4 aromatic rings. The number of aromatic nitrogens is 3. The summed E-state index contributed by atoms with van der Waals surface area (Å²) in [5.74, 6) is -0.591. The van der Waals surface area contributed by atoms with Crippen molar-refractivity contribution < 1.29 is 18.3 Å². The number of morpholine rings is 1. The van der Waals surface area contributed by atoms with Crippen molar-refractivity contribution in [3.8, 4) is 23.3 Å². The van der Waals surface area contributed by atoms with Crippen LogP contribution in [0.1, 0.15) is 37.7 Å². The first-order chi connectivity index (χ1) is 21.9. The molecule has 3 aromatic heterocycles. The molecule has 6 heterocycles. The quantitative estimate of drug-likeness (QED) is 0.307. The normalized spacial score (nSPS) is 26.6. The topological polar surface area (TPSA) is 125 Å². The van der Waals surface area contributed by atoms with Gasteiger partial charge in [-0.1, -0.05) is 0 Å². The second kappa shape index (κ2) is 10.2. The Morgan fingerprint density at radius 2 is 2.02 bits per heavy atom. The van der Waals surface area contributed by atoms with E-state index in [0.717, 1.165) is 76.2 Å². The van der Waals surface area contributed by atoms with Crippen LogP contribution in [0.25, 0.3) is 32.2 Å². The average molecular weight is 631 g/mol. The summed E-state index contributed by atoms with van der Waals surface area (Å²) in [6.45, 7) is 4.60. The number of piperazine rings is 1. The van der Waals surface area contributed by atoms with Crippen LogP contribution in [-0.4, -0.2) is 83.5 Å². The van der Waals surface area contributed by atoms with E-state index < -0.39 is 11.6 Å². The number of nitriles is 1. The minimum absolute atomic E-state index is 0.0252. The lowest BCUT2D eigenvalue weighted by atomic mass is 10.0. The van der Waals surface area contributed by atoms with E-state index in [9.17, 15) is 9.65 Å². The highest BCUT2D eigenvalue weighted by Gasteiger charge is 2.52. The van der Waals surface area contributed by atoms with Gasteiger partial charge in [0.2, 0.25) is 0 Å². The Morgan fingerprint density at radius 1 is 1.20 bits per heavy atom. The van der Waals surface area contributed by atoms with Crippen LogP contribution in [0.5, 0.6) is 6.01 Å². The van der Waals surface area contributed by atoms with E-state index in [0.29, 0.717) is 47.6 Å². The van der Waals surface area contributed by atoms with Crippen molar-refractivity contribution in [3.05, 3.63) is 35.5 Å². The van der Waals surface area contributed by atoms with Crippen LogP contribution in [0, 0.1) is 28.4 Å². The molecule has 45 heavy (non-hydrogen) atoms. The summed E-state index contributed by atoms with van der Waals surface area (Å²) >= 11 is 0.969. The largest absolute Gasteiger partial charge is 0.463 e. The molecule has 0 radical (unpaired) electrons. The molecule has 232 valence electrons. The predicted octanol–water partition coefficient (Wildman–Crippen LogP) is 4.21. The molecule has 2 saturated carbocycles. The zero-order valence-electron chi connectivity index (χ0n) is 24.6. The maximum absolute atomic E-state index is 16.7. The van der Waals surface area contributed by atoms with E-state index >= 15 is 4.39 Å². The van der Waals surface area contributed by atoms with Crippen molar-refractivity contribution in [3.63, 3.8) is 0 Å². The number of ether oxygens (including phenoxy) is 2. The lowest BCUT2D eigenvalue weighted by Gasteiger charge is -2.34. The molecule has 1 aromatic carbocycles. The number of pyridine rings is 1. The summed E-state index contributed by atoms with van der Waals surface area (Å²) in [6, 6.07) is 6.09. The SMILES string of the molecule is N#Cc1c(N)sc2c(F)ccc(-c3ncc4c(N5CC6CCC(C5)N6)nc(OCC5(CN6CCO[C@@H]7C[C@@H]76)CC5)nc4c3F)c12. The molecule has 2 aliphatic carbocycles. The first-order valence-electron chi connectivity index (χ1n) is 15.7. The van der Waals surface area contributed by atoms with Crippen molar-refractivity contribution >= 4 is 43.1 Å². The molecule has 5 aliphatic rings. The number of hydrogen-bond acceptors (Lipinski definition) is 11. The maximum atomic E-state index is 16.7. The molecule has 9 rings (SSSR count). The number of nitrogen functional groups attached to an aromatic ring is 1. The number of fused-ring (bicyclic) bond motifs is 5. The number of nitrogens with zero attached hydrogens (tertiary/aromatic N) is 6. The Bertz CT molecular complexity index is 1900. The summed E-state index contributed by atoms with van der Waals surface area (Å²) in [7, 11) is 0. The maximum Gasteiger partial charge on any atom is 0.319 e. The van der Waals surface area contributed by atoms with Crippen LogP contribution in [0.2, 0.25) is 0 Å². The predicted molar refractivity (Wildman–Crippen MR) is 166 cm³/mol. The van der Waals surface area contributed by atoms with Crippen LogP contribution in [0.3, 0.4) is 0 Å². The number of nitrogens with two attached hydrogens (primary N) is 1. The van der Waals surface area contributed by atoms with E-state index in [4.69, 9.17) is 20.2 Å². The number of benzene rings is 1. The Kier molecular flexibility index (Phi) is 6.23. The van der Waals surface area contributed by atoms with E-state index in [1.165, 1.54) is 12.1 Å². The van der Waals surface area contributed by atoms with Crippen LogP contribution in [-0.2, 0) is 4.74 Å². The monoisotopic (exact) mass is 630 g/mol. The number of halogens is 2. The minimum Gasteiger partial charge on any atom is -0.463 e. The zero-order chi connectivity index (χ0) is 30.4. The van der Waals surface area contributed by atoms with E-state index in [1.54, 1.807) is 6.20 Å². The summed E-state index contributed by atoms with van der Waals surface area (Å²) < 4.78 is 43.8. The molecule has 0 amide bonds. The lowest BCUT2D eigenvalue weighted by Crippen LogP contribution is -2.51. The molecule has 2 bridgehead atoms.